The highest BCUT2D eigenvalue weighted by molar-refractivity contribution is 6.33. The number of rotatable bonds is 4. The van der Waals surface area contributed by atoms with Gasteiger partial charge in [0.1, 0.15) is 18.0 Å². The largest absolute Gasteiger partial charge is 0.379 e. The molecular weight excluding hydrogens is 453 g/mol. The summed E-state index contributed by atoms with van der Waals surface area (Å²) in [6, 6.07) is 6.51. The fraction of sp³-hybridized carbons (Fsp3) is 0.423. The fourth-order valence-electron chi connectivity index (χ4n) is 5.62. The third-order valence-electron chi connectivity index (χ3n) is 7.36. The standard InChI is InChI=1S/C26H27ClFN5O/c27-23-10-16-11-24-25(22(16)12-21(23)17-9-18(28)14-29-13-17)26(31-15-30-24)32-19-1-3-20(4-2-19)33-5-7-34-8-6-33/h9-10,12-15,19-20H,1-8,11H2,(H,30,31,32). The van der Waals surface area contributed by atoms with Crippen molar-refractivity contribution in [1.29, 1.82) is 0 Å². The van der Waals surface area contributed by atoms with Gasteiger partial charge in [0.25, 0.3) is 0 Å². The predicted octanol–water partition coefficient (Wildman–Crippen LogP) is 4.96. The Bertz CT molecular complexity index is 1210. The van der Waals surface area contributed by atoms with E-state index < -0.39 is 0 Å². The van der Waals surface area contributed by atoms with Crippen LogP contribution in [-0.4, -0.2) is 58.2 Å². The quantitative estimate of drug-likeness (QED) is 0.446. The molecule has 2 fully saturated rings. The van der Waals surface area contributed by atoms with Crippen LogP contribution in [-0.2, 0) is 11.2 Å². The molecule has 34 heavy (non-hydrogen) atoms. The summed E-state index contributed by atoms with van der Waals surface area (Å²) in [4.78, 5) is 15.8. The Morgan fingerprint density at radius 1 is 1.00 bits per heavy atom. The predicted molar refractivity (Wildman–Crippen MR) is 131 cm³/mol. The topological polar surface area (TPSA) is 63.2 Å². The Balaban J connectivity index is 1.25. The number of benzene rings is 1. The Morgan fingerprint density at radius 3 is 2.62 bits per heavy atom. The molecule has 2 aromatic heterocycles. The van der Waals surface area contributed by atoms with E-state index in [0.717, 1.165) is 72.9 Å². The first-order valence-corrected chi connectivity index (χ1v) is 12.4. The average molecular weight is 480 g/mol. The number of nitrogens with one attached hydrogen (secondary N) is 1. The second-order valence-corrected chi connectivity index (χ2v) is 9.81. The van der Waals surface area contributed by atoms with Gasteiger partial charge in [-0.3, -0.25) is 9.88 Å². The van der Waals surface area contributed by atoms with Gasteiger partial charge in [-0.25, -0.2) is 14.4 Å². The van der Waals surface area contributed by atoms with Crippen molar-refractivity contribution in [2.45, 2.75) is 44.2 Å². The normalized spacial score (nSPS) is 22.3. The number of ether oxygens (including phenoxy) is 1. The maximum absolute atomic E-state index is 13.8. The number of morpholine rings is 1. The monoisotopic (exact) mass is 479 g/mol. The zero-order valence-corrected chi connectivity index (χ0v) is 19.7. The van der Waals surface area contributed by atoms with Crippen LogP contribution in [0.15, 0.2) is 36.9 Å². The van der Waals surface area contributed by atoms with Gasteiger partial charge in [0, 0.05) is 59.5 Å². The summed E-state index contributed by atoms with van der Waals surface area (Å²) in [5.41, 5.74) is 5.64. The third kappa shape index (κ3) is 4.17. The molecule has 1 N–H and O–H groups in total. The van der Waals surface area contributed by atoms with E-state index in [2.05, 4.69) is 25.2 Å². The lowest BCUT2D eigenvalue weighted by Gasteiger charge is -2.39. The number of anilines is 1. The number of hydrogen-bond donors (Lipinski definition) is 1. The van der Waals surface area contributed by atoms with E-state index in [0.29, 0.717) is 29.1 Å². The van der Waals surface area contributed by atoms with Crippen molar-refractivity contribution < 1.29 is 9.13 Å². The molecule has 8 heteroatoms. The van der Waals surface area contributed by atoms with Crippen LogP contribution in [0.2, 0.25) is 5.02 Å². The molecule has 0 radical (unpaired) electrons. The minimum absolute atomic E-state index is 0.382. The summed E-state index contributed by atoms with van der Waals surface area (Å²) in [6.07, 6.45) is 9.81. The fourth-order valence-corrected chi connectivity index (χ4v) is 5.92. The Hall–Kier alpha value is -2.61. The molecule has 0 amide bonds. The van der Waals surface area contributed by atoms with Gasteiger partial charge in [-0.1, -0.05) is 11.6 Å². The molecule has 1 aromatic carbocycles. The lowest BCUT2D eigenvalue weighted by Crippen LogP contribution is -2.46. The van der Waals surface area contributed by atoms with Crippen molar-refractivity contribution >= 4 is 17.4 Å². The molecule has 2 aliphatic carbocycles. The first kappa shape index (κ1) is 21.9. The van der Waals surface area contributed by atoms with Crippen molar-refractivity contribution in [3.8, 4) is 22.3 Å². The van der Waals surface area contributed by atoms with Gasteiger partial charge >= 0.3 is 0 Å². The number of nitrogens with zero attached hydrogens (tertiary/aromatic N) is 4. The summed E-state index contributed by atoms with van der Waals surface area (Å²) >= 11 is 6.60. The van der Waals surface area contributed by atoms with Crippen LogP contribution in [0, 0.1) is 5.82 Å². The van der Waals surface area contributed by atoms with Gasteiger partial charge in [-0.15, -0.1) is 0 Å². The minimum atomic E-state index is -0.382. The van der Waals surface area contributed by atoms with E-state index in [-0.39, 0.29) is 5.82 Å². The van der Waals surface area contributed by atoms with Crippen LogP contribution in [0.25, 0.3) is 22.3 Å². The molecule has 6 nitrogen and oxygen atoms in total. The van der Waals surface area contributed by atoms with Crippen LogP contribution in [0.3, 0.4) is 0 Å². The van der Waals surface area contributed by atoms with E-state index in [1.807, 2.05) is 12.1 Å². The Morgan fingerprint density at radius 2 is 1.82 bits per heavy atom. The number of hydrogen-bond acceptors (Lipinski definition) is 6. The molecule has 3 aromatic rings. The molecule has 1 saturated carbocycles. The first-order valence-electron chi connectivity index (χ1n) is 12.0. The first-order chi connectivity index (χ1) is 16.7. The van der Waals surface area contributed by atoms with E-state index >= 15 is 0 Å². The van der Waals surface area contributed by atoms with Gasteiger partial charge in [0.2, 0.25) is 0 Å². The number of pyridine rings is 1. The zero-order valence-electron chi connectivity index (χ0n) is 18.9. The van der Waals surface area contributed by atoms with E-state index in [4.69, 9.17) is 16.3 Å². The molecule has 3 aliphatic rings. The highest BCUT2D eigenvalue weighted by atomic mass is 35.5. The molecule has 3 heterocycles. The Kier molecular flexibility index (Phi) is 5.93. The van der Waals surface area contributed by atoms with Crippen LogP contribution in [0.5, 0.6) is 0 Å². The summed E-state index contributed by atoms with van der Waals surface area (Å²) in [5.74, 6) is 0.497. The van der Waals surface area contributed by atoms with Crippen LogP contribution in [0.4, 0.5) is 10.2 Å². The summed E-state index contributed by atoms with van der Waals surface area (Å²) in [5, 5.41) is 4.31. The van der Waals surface area contributed by atoms with Crippen molar-refractivity contribution in [3.63, 3.8) is 0 Å². The van der Waals surface area contributed by atoms with Gasteiger partial charge in [-0.2, -0.15) is 0 Å². The van der Waals surface area contributed by atoms with E-state index in [9.17, 15) is 4.39 Å². The molecular formula is C26H27ClFN5O. The maximum atomic E-state index is 13.8. The third-order valence-corrected chi connectivity index (χ3v) is 7.67. The van der Waals surface area contributed by atoms with Crippen molar-refractivity contribution in [1.82, 2.24) is 19.9 Å². The number of aromatic nitrogens is 3. The second-order valence-electron chi connectivity index (χ2n) is 9.40. The molecule has 176 valence electrons. The van der Waals surface area contributed by atoms with Crippen molar-refractivity contribution in [3.05, 3.63) is 59.0 Å². The van der Waals surface area contributed by atoms with Gasteiger partial charge < -0.3 is 10.1 Å². The maximum Gasteiger partial charge on any atom is 0.142 e. The zero-order chi connectivity index (χ0) is 23.1. The number of halogens is 2. The van der Waals surface area contributed by atoms with Gasteiger partial charge in [-0.05, 0) is 55.0 Å². The molecule has 0 unspecified atom stereocenters. The van der Waals surface area contributed by atoms with Crippen LogP contribution >= 0.6 is 11.6 Å². The molecule has 6 rings (SSSR count). The van der Waals surface area contributed by atoms with Gasteiger partial charge in [0.15, 0.2) is 0 Å². The van der Waals surface area contributed by atoms with E-state index in [1.165, 1.54) is 25.1 Å². The average Bonchev–Trinajstić information content (AvgIpc) is 3.22. The smallest absolute Gasteiger partial charge is 0.142 e. The lowest BCUT2D eigenvalue weighted by molar-refractivity contribution is 0.00791. The molecule has 1 aliphatic heterocycles. The molecule has 0 bridgehead atoms. The van der Waals surface area contributed by atoms with Crippen molar-refractivity contribution in [2.75, 3.05) is 31.6 Å². The SMILES string of the molecule is Fc1cncc(-c2cc3c(cc2Cl)Cc2ncnc(NC4CCC(N5CCOCC5)CC4)c2-3)c1. The molecule has 0 spiro atoms. The summed E-state index contributed by atoms with van der Waals surface area (Å²) in [6.45, 7) is 3.79. The number of fused-ring (bicyclic) bond motifs is 3. The van der Waals surface area contributed by atoms with Crippen LogP contribution < -0.4 is 5.32 Å². The summed E-state index contributed by atoms with van der Waals surface area (Å²) in [7, 11) is 0. The highest BCUT2D eigenvalue weighted by Crippen LogP contribution is 2.44. The Labute approximate surface area is 203 Å². The minimum Gasteiger partial charge on any atom is -0.379 e. The van der Waals surface area contributed by atoms with E-state index in [1.54, 1.807) is 12.5 Å². The highest BCUT2D eigenvalue weighted by Gasteiger charge is 2.30. The lowest BCUT2D eigenvalue weighted by atomic mass is 9.89. The summed E-state index contributed by atoms with van der Waals surface area (Å²) < 4.78 is 19.3. The second kappa shape index (κ2) is 9.21. The van der Waals surface area contributed by atoms with Crippen molar-refractivity contribution in [2.24, 2.45) is 0 Å². The van der Waals surface area contributed by atoms with Crippen LogP contribution in [0.1, 0.15) is 36.9 Å². The molecule has 0 atom stereocenters. The molecule has 1 saturated heterocycles. The van der Waals surface area contributed by atoms with Gasteiger partial charge in [0.05, 0.1) is 25.1 Å².